The summed E-state index contributed by atoms with van der Waals surface area (Å²) in [5.41, 5.74) is 1.76. The first-order chi connectivity index (χ1) is 7.51. The fourth-order valence-electron chi connectivity index (χ4n) is 1.38. The number of aryl methyl sites for hydroxylation is 2. The molecule has 0 unspecified atom stereocenters. The van der Waals surface area contributed by atoms with Gasteiger partial charge in [-0.05, 0) is 31.9 Å². The Bertz CT molecular complexity index is 451. The van der Waals surface area contributed by atoms with Crippen LogP contribution in [-0.2, 0) is 25.8 Å². The largest absolute Gasteiger partial charge is 0.323 e. The lowest BCUT2D eigenvalue weighted by molar-refractivity contribution is -0.196. The quantitative estimate of drug-likeness (QED) is 0.588. The van der Waals surface area contributed by atoms with Crippen LogP contribution in [-0.4, -0.2) is 15.0 Å². The molecule has 1 aromatic carbocycles. The molecule has 0 bridgehead atoms. The third-order valence-corrected chi connectivity index (χ3v) is 3.33. The maximum atomic E-state index is 11.7. The van der Waals surface area contributed by atoms with Crippen molar-refractivity contribution in [2.75, 3.05) is 6.61 Å². The number of hydrogen-bond acceptors (Lipinski definition) is 4. The van der Waals surface area contributed by atoms with Gasteiger partial charge in [0.15, 0.2) is 0 Å². The first-order valence-electron chi connectivity index (χ1n) is 5.17. The molecule has 0 spiro atoms. The molecule has 1 rings (SSSR count). The summed E-state index contributed by atoms with van der Waals surface area (Å²) in [5, 5.41) is 0. The Morgan fingerprint density at radius 3 is 2.50 bits per heavy atom. The lowest BCUT2D eigenvalue weighted by Gasteiger charge is -2.08. The average molecular weight is 244 g/mol. The van der Waals surface area contributed by atoms with E-state index in [0.717, 1.165) is 11.1 Å². The summed E-state index contributed by atoms with van der Waals surface area (Å²) in [7, 11) is -3.80. The van der Waals surface area contributed by atoms with Gasteiger partial charge in [0.25, 0.3) is 0 Å². The first-order valence-corrected chi connectivity index (χ1v) is 6.57. The molecule has 0 saturated carbocycles. The van der Waals surface area contributed by atoms with E-state index in [1.54, 1.807) is 19.1 Å². The summed E-state index contributed by atoms with van der Waals surface area (Å²) in [4.78, 5) is 4.67. The van der Waals surface area contributed by atoms with Crippen molar-refractivity contribution in [1.29, 1.82) is 0 Å². The van der Waals surface area contributed by atoms with E-state index < -0.39 is 10.1 Å². The van der Waals surface area contributed by atoms with E-state index in [1.165, 1.54) is 0 Å². The fourth-order valence-corrected chi connectivity index (χ4v) is 2.43. The van der Waals surface area contributed by atoms with Gasteiger partial charge in [-0.2, -0.15) is 8.42 Å². The summed E-state index contributed by atoms with van der Waals surface area (Å²) < 4.78 is 27.9. The van der Waals surface area contributed by atoms with Crippen molar-refractivity contribution in [2.45, 2.75) is 32.1 Å². The molecule has 0 saturated heterocycles. The van der Waals surface area contributed by atoms with Crippen LogP contribution in [0.2, 0.25) is 0 Å². The average Bonchev–Trinajstić information content (AvgIpc) is 2.26. The zero-order valence-corrected chi connectivity index (χ0v) is 10.5. The van der Waals surface area contributed by atoms with Crippen molar-refractivity contribution in [3.63, 3.8) is 0 Å². The van der Waals surface area contributed by atoms with Crippen LogP contribution in [0.4, 0.5) is 0 Å². The smallest absolute Gasteiger partial charge is 0.220 e. The third kappa shape index (κ3) is 3.04. The molecule has 0 aliphatic carbocycles. The second kappa shape index (κ2) is 5.43. The van der Waals surface area contributed by atoms with Crippen LogP contribution in [0.3, 0.4) is 0 Å². The second-order valence-electron chi connectivity index (χ2n) is 3.39. The monoisotopic (exact) mass is 244 g/mol. The number of rotatable bonds is 5. The van der Waals surface area contributed by atoms with Crippen molar-refractivity contribution in [3.05, 3.63) is 29.3 Å². The summed E-state index contributed by atoms with van der Waals surface area (Å²) in [6, 6.07) is 5.12. The van der Waals surface area contributed by atoms with Crippen molar-refractivity contribution in [2.24, 2.45) is 0 Å². The van der Waals surface area contributed by atoms with E-state index in [1.807, 2.05) is 19.9 Å². The van der Waals surface area contributed by atoms with Crippen LogP contribution in [0.1, 0.15) is 25.0 Å². The molecule has 0 heterocycles. The molecular weight excluding hydrogens is 228 g/mol. The van der Waals surface area contributed by atoms with Crippen LogP contribution < -0.4 is 0 Å². The Morgan fingerprint density at radius 1 is 1.25 bits per heavy atom. The maximum Gasteiger partial charge on any atom is 0.323 e. The van der Waals surface area contributed by atoms with Gasteiger partial charge in [0.1, 0.15) is 0 Å². The zero-order valence-electron chi connectivity index (χ0n) is 9.69. The highest BCUT2D eigenvalue weighted by Crippen LogP contribution is 2.20. The second-order valence-corrected chi connectivity index (χ2v) is 4.88. The highest BCUT2D eigenvalue weighted by Gasteiger charge is 2.19. The topological polar surface area (TPSA) is 52.6 Å². The predicted molar refractivity (Wildman–Crippen MR) is 60.5 cm³/mol. The molecule has 0 fully saturated rings. The molecule has 0 radical (unpaired) electrons. The molecule has 1 aromatic rings. The van der Waals surface area contributed by atoms with E-state index in [0.29, 0.717) is 6.42 Å². The molecule has 0 atom stereocenters. The SMILES string of the molecule is CCOOS(=O)(=O)c1ccc(C)cc1CC. The zero-order chi connectivity index (χ0) is 12.2. The predicted octanol–water partition coefficient (Wildman–Crippen LogP) is 2.21. The lowest BCUT2D eigenvalue weighted by atomic mass is 10.1. The number of hydrogen-bond donors (Lipinski definition) is 0. The molecule has 0 aliphatic rings. The van der Waals surface area contributed by atoms with Gasteiger partial charge in [0, 0.05) is 0 Å². The molecule has 0 aliphatic heterocycles. The highest BCUT2D eigenvalue weighted by atomic mass is 32.2. The molecule has 0 amide bonds. The van der Waals surface area contributed by atoms with Crippen molar-refractivity contribution in [3.8, 4) is 0 Å². The Labute approximate surface area is 96.2 Å². The molecule has 0 N–H and O–H groups in total. The van der Waals surface area contributed by atoms with E-state index in [2.05, 4.69) is 9.22 Å². The normalized spacial score (nSPS) is 11.7. The van der Waals surface area contributed by atoms with Gasteiger partial charge in [-0.3, -0.25) is 0 Å². The standard InChI is InChI=1S/C11H16O4S/c1-4-10-8-9(3)6-7-11(10)16(12,13)15-14-5-2/h6-8H,4-5H2,1-3H3. The van der Waals surface area contributed by atoms with Crippen LogP contribution >= 0.6 is 0 Å². The van der Waals surface area contributed by atoms with E-state index in [4.69, 9.17) is 0 Å². The Morgan fingerprint density at radius 2 is 1.94 bits per heavy atom. The summed E-state index contributed by atoms with van der Waals surface area (Å²) in [6.07, 6.45) is 0.631. The van der Waals surface area contributed by atoms with Gasteiger partial charge < -0.3 is 0 Å². The summed E-state index contributed by atoms with van der Waals surface area (Å²) >= 11 is 0. The minimum Gasteiger partial charge on any atom is -0.220 e. The highest BCUT2D eigenvalue weighted by molar-refractivity contribution is 7.86. The van der Waals surface area contributed by atoms with E-state index in [9.17, 15) is 8.42 Å². The molecule has 4 nitrogen and oxygen atoms in total. The maximum absolute atomic E-state index is 11.7. The van der Waals surface area contributed by atoms with Crippen LogP contribution in [0, 0.1) is 6.92 Å². The van der Waals surface area contributed by atoms with Crippen molar-refractivity contribution in [1.82, 2.24) is 0 Å². The molecular formula is C11H16O4S. The molecule has 16 heavy (non-hydrogen) atoms. The van der Waals surface area contributed by atoms with Gasteiger partial charge in [-0.1, -0.05) is 24.6 Å². The fraction of sp³-hybridized carbons (Fsp3) is 0.455. The molecule has 0 aromatic heterocycles. The first kappa shape index (κ1) is 13.2. The van der Waals surface area contributed by atoms with Crippen LogP contribution in [0.5, 0.6) is 0 Å². The van der Waals surface area contributed by atoms with Crippen molar-refractivity contribution < 1.29 is 17.6 Å². The summed E-state index contributed by atoms with van der Waals surface area (Å²) in [5.74, 6) is 0. The summed E-state index contributed by atoms with van der Waals surface area (Å²) in [6.45, 7) is 5.66. The van der Waals surface area contributed by atoms with Gasteiger partial charge >= 0.3 is 10.1 Å². The minimum atomic E-state index is -3.80. The van der Waals surface area contributed by atoms with Crippen molar-refractivity contribution >= 4 is 10.1 Å². The number of benzene rings is 1. The van der Waals surface area contributed by atoms with Crippen LogP contribution in [0.15, 0.2) is 23.1 Å². The van der Waals surface area contributed by atoms with Gasteiger partial charge in [-0.15, -0.1) is 4.33 Å². The lowest BCUT2D eigenvalue weighted by Crippen LogP contribution is -2.09. The third-order valence-electron chi connectivity index (χ3n) is 2.12. The molecule has 90 valence electrons. The van der Waals surface area contributed by atoms with Gasteiger partial charge in [-0.25, -0.2) is 4.89 Å². The van der Waals surface area contributed by atoms with Crippen LogP contribution in [0.25, 0.3) is 0 Å². The molecule has 5 heteroatoms. The Hall–Kier alpha value is -0.910. The van der Waals surface area contributed by atoms with Gasteiger partial charge in [0.2, 0.25) is 0 Å². The van der Waals surface area contributed by atoms with E-state index in [-0.39, 0.29) is 11.5 Å². The Balaban J connectivity index is 3.12. The Kier molecular flexibility index (Phi) is 4.46. The van der Waals surface area contributed by atoms with Gasteiger partial charge in [0.05, 0.1) is 11.5 Å². The van der Waals surface area contributed by atoms with E-state index >= 15 is 0 Å². The minimum absolute atomic E-state index is 0.175.